The Morgan fingerprint density at radius 2 is 2.05 bits per heavy atom. The minimum Gasteiger partial charge on any atom is -0.395 e. The number of aryl methyl sites for hydroxylation is 1. The Bertz CT molecular complexity index is 680. The van der Waals surface area contributed by atoms with Gasteiger partial charge in [-0.1, -0.05) is 18.2 Å². The Hall–Kier alpha value is -2.35. The molecule has 1 amide bonds. The molecule has 1 aromatic carbocycles. The van der Waals surface area contributed by atoms with Crippen molar-refractivity contribution in [3.05, 3.63) is 47.3 Å². The fourth-order valence-corrected chi connectivity index (χ4v) is 2.04. The van der Waals surface area contributed by atoms with E-state index in [2.05, 4.69) is 10.4 Å². The molecule has 2 rings (SSSR count). The van der Waals surface area contributed by atoms with Crippen molar-refractivity contribution in [2.75, 3.05) is 13.2 Å². The maximum Gasteiger partial charge on any atom is 0.434 e. The lowest BCUT2D eigenvalue weighted by molar-refractivity contribution is -0.143. The molecule has 22 heavy (non-hydrogen) atoms. The van der Waals surface area contributed by atoms with Crippen LogP contribution in [0.4, 0.5) is 13.2 Å². The summed E-state index contributed by atoms with van der Waals surface area (Å²) in [4.78, 5) is 11.8. The second-order valence-corrected chi connectivity index (χ2v) is 4.58. The zero-order chi connectivity index (χ0) is 16.3. The molecule has 1 aromatic heterocycles. The van der Waals surface area contributed by atoms with Crippen LogP contribution in [0, 0.1) is 6.92 Å². The standard InChI is InChI=1S/C14H14F3N3O2/c1-9-4-2-3-5-11(9)20-12(14(15,16)17)10(8-19-20)13(22)18-6-7-21/h2-5,8,21H,6-7H2,1H3,(H,18,22). The van der Waals surface area contributed by atoms with Crippen molar-refractivity contribution < 1.29 is 23.1 Å². The molecule has 0 radical (unpaired) electrons. The molecule has 0 saturated heterocycles. The van der Waals surface area contributed by atoms with Crippen molar-refractivity contribution in [3.8, 4) is 5.69 Å². The summed E-state index contributed by atoms with van der Waals surface area (Å²) in [7, 11) is 0. The maximum absolute atomic E-state index is 13.4. The summed E-state index contributed by atoms with van der Waals surface area (Å²) in [5.74, 6) is -0.929. The van der Waals surface area contributed by atoms with Gasteiger partial charge in [0.25, 0.3) is 5.91 Å². The monoisotopic (exact) mass is 313 g/mol. The van der Waals surface area contributed by atoms with Crippen LogP contribution in [0.5, 0.6) is 0 Å². The number of rotatable bonds is 4. The molecular weight excluding hydrogens is 299 g/mol. The predicted octanol–water partition coefficient (Wildman–Crippen LogP) is 1.92. The summed E-state index contributed by atoms with van der Waals surface area (Å²) >= 11 is 0. The van der Waals surface area contributed by atoms with Crippen LogP contribution in [0.1, 0.15) is 21.6 Å². The molecule has 0 aliphatic heterocycles. The molecular formula is C14H14F3N3O2. The van der Waals surface area contributed by atoms with Gasteiger partial charge >= 0.3 is 6.18 Å². The number of benzene rings is 1. The highest BCUT2D eigenvalue weighted by Crippen LogP contribution is 2.34. The van der Waals surface area contributed by atoms with Crippen LogP contribution in [0.15, 0.2) is 30.5 Å². The van der Waals surface area contributed by atoms with Crippen LogP contribution < -0.4 is 5.32 Å². The molecule has 0 bridgehead atoms. The summed E-state index contributed by atoms with van der Waals surface area (Å²) in [6.07, 6.45) is -3.87. The van der Waals surface area contributed by atoms with Gasteiger partial charge in [0.1, 0.15) is 0 Å². The number of aromatic nitrogens is 2. The van der Waals surface area contributed by atoms with E-state index in [1.54, 1.807) is 25.1 Å². The maximum atomic E-state index is 13.4. The van der Waals surface area contributed by atoms with Gasteiger partial charge in [-0.25, -0.2) is 4.68 Å². The first kappa shape index (κ1) is 16.0. The first-order chi connectivity index (χ1) is 10.4. The van der Waals surface area contributed by atoms with Crippen LogP contribution in [0.2, 0.25) is 0 Å². The second kappa shape index (κ2) is 6.18. The van der Waals surface area contributed by atoms with Gasteiger partial charge in [0.05, 0.1) is 24.1 Å². The van der Waals surface area contributed by atoms with E-state index < -0.39 is 23.3 Å². The average Bonchev–Trinajstić information content (AvgIpc) is 2.90. The topological polar surface area (TPSA) is 67.2 Å². The Morgan fingerprint density at radius 1 is 1.36 bits per heavy atom. The molecule has 0 fully saturated rings. The average molecular weight is 313 g/mol. The van der Waals surface area contributed by atoms with E-state index in [-0.39, 0.29) is 18.8 Å². The minimum absolute atomic E-state index is 0.133. The van der Waals surface area contributed by atoms with E-state index in [4.69, 9.17) is 5.11 Å². The summed E-state index contributed by atoms with van der Waals surface area (Å²) in [6.45, 7) is 1.16. The number of hydrogen-bond donors (Lipinski definition) is 2. The van der Waals surface area contributed by atoms with Crippen molar-refractivity contribution in [3.63, 3.8) is 0 Å². The third-order valence-corrected chi connectivity index (χ3v) is 3.02. The molecule has 0 spiro atoms. The van der Waals surface area contributed by atoms with E-state index in [9.17, 15) is 18.0 Å². The molecule has 5 nitrogen and oxygen atoms in total. The minimum atomic E-state index is -4.75. The van der Waals surface area contributed by atoms with Crippen LogP contribution >= 0.6 is 0 Å². The van der Waals surface area contributed by atoms with Crippen molar-refractivity contribution in [2.24, 2.45) is 0 Å². The van der Waals surface area contributed by atoms with Crippen LogP contribution in [-0.4, -0.2) is 33.9 Å². The molecule has 0 unspecified atom stereocenters. The SMILES string of the molecule is Cc1ccccc1-n1ncc(C(=O)NCCO)c1C(F)(F)F. The smallest absolute Gasteiger partial charge is 0.395 e. The number of nitrogens with one attached hydrogen (secondary N) is 1. The van der Waals surface area contributed by atoms with Gasteiger partial charge in [0, 0.05) is 6.54 Å². The van der Waals surface area contributed by atoms with E-state index >= 15 is 0 Å². The molecule has 0 aliphatic rings. The summed E-state index contributed by atoms with van der Waals surface area (Å²) in [6, 6.07) is 6.44. The highest BCUT2D eigenvalue weighted by molar-refractivity contribution is 5.95. The molecule has 8 heteroatoms. The van der Waals surface area contributed by atoms with E-state index in [0.29, 0.717) is 10.2 Å². The van der Waals surface area contributed by atoms with Crippen molar-refractivity contribution in [1.82, 2.24) is 15.1 Å². The van der Waals surface area contributed by atoms with Crippen molar-refractivity contribution in [2.45, 2.75) is 13.1 Å². The lowest BCUT2D eigenvalue weighted by atomic mass is 10.1. The summed E-state index contributed by atoms with van der Waals surface area (Å²) in [5, 5.41) is 14.6. The Kier molecular flexibility index (Phi) is 4.51. The zero-order valence-corrected chi connectivity index (χ0v) is 11.7. The largest absolute Gasteiger partial charge is 0.434 e. The number of aliphatic hydroxyl groups excluding tert-OH is 1. The van der Waals surface area contributed by atoms with Gasteiger partial charge in [-0.3, -0.25) is 4.79 Å². The van der Waals surface area contributed by atoms with Gasteiger partial charge in [-0.05, 0) is 18.6 Å². The Morgan fingerprint density at radius 3 is 2.64 bits per heavy atom. The lowest BCUT2D eigenvalue weighted by Gasteiger charge is -2.14. The highest BCUT2D eigenvalue weighted by Gasteiger charge is 2.40. The molecule has 1 heterocycles. The fourth-order valence-electron chi connectivity index (χ4n) is 2.04. The van der Waals surface area contributed by atoms with Crippen molar-refractivity contribution >= 4 is 5.91 Å². The van der Waals surface area contributed by atoms with Gasteiger partial charge in [-0.2, -0.15) is 18.3 Å². The zero-order valence-electron chi connectivity index (χ0n) is 11.7. The van der Waals surface area contributed by atoms with Crippen molar-refractivity contribution in [1.29, 1.82) is 0 Å². The predicted molar refractivity (Wildman–Crippen MR) is 72.7 cm³/mol. The van der Waals surface area contributed by atoms with E-state index in [0.717, 1.165) is 6.20 Å². The first-order valence-electron chi connectivity index (χ1n) is 6.46. The van der Waals surface area contributed by atoms with Gasteiger partial charge in [-0.15, -0.1) is 0 Å². The number of halogens is 3. The first-order valence-corrected chi connectivity index (χ1v) is 6.46. The number of nitrogens with zero attached hydrogens (tertiary/aromatic N) is 2. The third-order valence-electron chi connectivity index (χ3n) is 3.02. The third kappa shape index (κ3) is 3.11. The Labute approximate surface area is 124 Å². The summed E-state index contributed by atoms with van der Waals surface area (Å²) in [5.41, 5.74) is -0.879. The van der Waals surface area contributed by atoms with Crippen LogP contribution in [-0.2, 0) is 6.18 Å². The fraction of sp³-hybridized carbons (Fsp3) is 0.286. The molecule has 2 N–H and O–H groups in total. The van der Waals surface area contributed by atoms with Crippen LogP contribution in [0.3, 0.4) is 0 Å². The van der Waals surface area contributed by atoms with Gasteiger partial charge in [0.15, 0.2) is 5.69 Å². The number of hydrogen-bond acceptors (Lipinski definition) is 3. The van der Waals surface area contributed by atoms with Crippen LogP contribution in [0.25, 0.3) is 5.69 Å². The number of carbonyl (C=O) groups excluding carboxylic acids is 1. The number of carbonyl (C=O) groups is 1. The highest BCUT2D eigenvalue weighted by atomic mass is 19.4. The number of alkyl halides is 3. The van der Waals surface area contributed by atoms with E-state index in [1.807, 2.05) is 0 Å². The van der Waals surface area contributed by atoms with E-state index in [1.165, 1.54) is 6.07 Å². The number of aliphatic hydroxyl groups is 1. The molecule has 0 atom stereocenters. The lowest BCUT2D eigenvalue weighted by Crippen LogP contribution is -2.28. The summed E-state index contributed by atoms with van der Waals surface area (Å²) < 4.78 is 40.8. The second-order valence-electron chi connectivity index (χ2n) is 4.58. The molecule has 118 valence electrons. The molecule has 0 aliphatic carbocycles. The normalized spacial score (nSPS) is 11.5. The Balaban J connectivity index is 2.55. The van der Waals surface area contributed by atoms with Gasteiger partial charge < -0.3 is 10.4 Å². The quantitative estimate of drug-likeness (QED) is 0.906. The van der Waals surface area contributed by atoms with Gasteiger partial charge in [0.2, 0.25) is 0 Å². The molecule has 2 aromatic rings. The molecule has 0 saturated carbocycles. The number of amides is 1. The number of para-hydroxylation sites is 1.